The van der Waals surface area contributed by atoms with E-state index in [4.69, 9.17) is 0 Å². The predicted octanol–water partition coefficient (Wildman–Crippen LogP) is 4.23. The fraction of sp³-hybridized carbons (Fsp3) is 0.562. The van der Waals surface area contributed by atoms with Crippen LogP contribution in [0, 0.1) is 17.7 Å². The standard InChI is InChI=1S/C16H20F4N2O.ClH/c1-10(11-4-6-21-7-5-11)8-15(23)22-12-2-3-14(17)13(9-12)16(18,19)20;/h2-3,9-11,21H,4-8H2,1H3,(H,22,23);1H. The molecular weight excluding hydrogens is 348 g/mol. The number of nitrogens with one attached hydrogen (secondary N) is 2. The van der Waals surface area contributed by atoms with Crippen molar-refractivity contribution in [3.63, 3.8) is 0 Å². The van der Waals surface area contributed by atoms with Crippen LogP contribution < -0.4 is 10.6 Å². The highest BCUT2D eigenvalue weighted by Crippen LogP contribution is 2.33. The zero-order valence-electron chi connectivity index (χ0n) is 13.3. The summed E-state index contributed by atoms with van der Waals surface area (Å²) >= 11 is 0. The van der Waals surface area contributed by atoms with E-state index in [2.05, 4.69) is 10.6 Å². The third-order valence-corrected chi connectivity index (χ3v) is 4.25. The van der Waals surface area contributed by atoms with Gasteiger partial charge in [0, 0.05) is 12.1 Å². The lowest BCUT2D eigenvalue weighted by atomic mass is 9.84. The van der Waals surface area contributed by atoms with Gasteiger partial charge in [-0.15, -0.1) is 12.4 Å². The molecule has 1 aliphatic heterocycles. The van der Waals surface area contributed by atoms with E-state index in [1.807, 2.05) is 6.92 Å². The zero-order chi connectivity index (χ0) is 17.0. The van der Waals surface area contributed by atoms with Crippen molar-refractivity contribution in [1.82, 2.24) is 5.32 Å². The predicted molar refractivity (Wildman–Crippen MR) is 86.7 cm³/mol. The number of hydrogen-bond donors (Lipinski definition) is 2. The van der Waals surface area contributed by atoms with Crippen LogP contribution in [0.4, 0.5) is 23.2 Å². The summed E-state index contributed by atoms with van der Waals surface area (Å²) in [5.74, 6) is -1.12. The maximum atomic E-state index is 13.2. The minimum atomic E-state index is -4.78. The molecule has 1 fully saturated rings. The van der Waals surface area contributed by atoms with E-state index in [0.717, 1.165) is 32.0 Å². The lowest BCUT2D eigenvalue weighted by Crippen LogP contribution is -2.32. The van der Waals surface area contributed by atoms with Crippen LogP contribution >= 0.6 is 12.4 Å². The fourth-order valence-corrected chi connectivity index (χ4v) is 2.90. The summed E-state index contributed by atoms with van der Waals surface area (Å²) in [5.41, 5.74) is -1.41. The Morgan fingerprint density at radius 1 is 1.33 bits per heavy atom. The number of piperidine rings is 1. The van der Waals surface area contributed by atoms with Gasteiger partial charge in [0.15, 0.2) is 0 Å². The Balaban J connectivity index is 0.00000288. The Labute approximate surface area is 144 Å². The summed E-state index contributed by atoms with van der Waals surface area (Å²) in [4.78, 5) is 12.0. The van der Waals surface area contributed by atoms with Gasteiger partial charge in [0.25, 0.3) is 0 Å². The number of anilines is 1. The summed E-state index contributed by atoms with van der Waals surface area (Å²) in [6.45, 7) is 3.81. The molecular formula is C16H21ClF4N2O. The first-order valence-corrected chi connectivity index (χ1v) is 7.64. The Hall–Kier alpha value is -1.34. The molecule has 136 valence electrons. The first kappa shape index (κ1) is 20.7. The molecule has 24 heavy (non-hydrogen) atoms. The van der Waals surface area contributed by atoms with E-state index >= 15 is 0 Å². The Morgan fingerprint density at radius 2 is 1.96 bits per heavy atom. The molecule has 3 nitrogen and oxygen atoms in total. The molecule has 1 atom stereocenters. The molecule has 2 N–H and O–H groups in total. The van der Waals surface area contributed by atoms with Crippen molar-refractivity contribution < 1.29 is 22.4 Å². The molecule has 0 spiro atoms. The number of benzene rings is 1. The monoisotopic (exact) mass is 368 g/mol. The second kappa shape index (κ2) is 8.67. The number of rotatable bonds is 4. The van der Waals surface area contributed by atoms with Crippen molar-refractivity contribution in [2.75, 3.05) is 18.4 Å². The highest BCUT2D eigenvalue weighted by molar-refractivity contribution is 5.90. The number of halogens is 5. The van der Waals surface area contributed by atoms with Crippen LogP contribution in [-0.2, 0) is 11.0 Å². The average molecular weight is 369 g/mol. The van der Waals surface area contributed by atoms with Gasteiger partial charge < -0.3 is 10.6 Å². The van der Waals surface area contributed by atoms with Gasteiger partial charge in [-0.1, -0.05) is 6.92 Å². The van der Waals surface area contributed by atoms with Crippen molar-refractivity contribution in [3.05, 3.63) is 29.6 Å². The van der Waals surface area contributed by atoms with Crippen LogP contribution in [-0.4, -0.2) is 19.0 Å². The fourth-order valence-electron chi connectivity index (χ4n) is 2.90. The molecule has 1 aromatic carbocycles. The summed E-state index contributed by atoms with van der Waals surface area (Å²) in [5, 5.41) is 5.68. The second-order valence-electron chi connectivity index (χ2n) is 6.01. The minimum Gasteiger partial charge on any atom is -0.326 e. The smallest absolute Gasteiger partial charge is 0.326 e. The molecule has 0 aromatic heterocycles. The van der Waals surface area contributed by atoms with E-state index < -0.39 is 17.6 Å². The lowest BCUT2D eigenvalue weighted by Gasteiger charge is -2.27. The van der Waals surface area contributed by atoms with Crippen LogP contribution in [0.1, 0.15) is 31.7 Å². The van der Waals surface area contributed by atoms with E-state index in [-0.39, 0.29) is 36.3 Å². The molecule has 2 rings (SSSR count). The van der Waals surface area contributed by atoms with Crippen molar-refractivity contribution in [2.24, 2.45) is 11.8 Å². The highest BCUT2D eigenvalue weighted by atomic mass is 35.5. The Bertz CT molecular complexity index is 559. The summed E-state index contributed by atoms with van der Waals surface area (Å²) in [6.07, 6.45) is -2.57. The van der Waals surface area contributed by atoms with E-state index in [0.29, 0.717) is 18.1 Å². The van der Waals surface area contributed by atoms with E-state index in [1.54, 1.807) is 0 Å². The SMILES string of the molecule is CC(CC(=O)Nc1ccc(F)c(C(F)(F)F)c1)C1CCNCC1.Cl. The van der Waals surface area contributed by atoms with Crippen LogP contribution in [0.3, 0.4) is 0 Å². The van der Waals surface area contributed by atoms with Gasteiger partial charge in [0.05, 0.1) is 5.56 Å². The quantitative estimate of drug-likeness (QED) is 0.781. The first-order chi connectivity index (χ1) is 10.8. The van der Waals surface area contributed by atoms with Gasteiger partial charge >= 0.3 is 6.18 Å². The number of hydrogen-bond acceptors (Lipinski definition) is 2. The largest absolute Gasteiger partial charge is 0.419 e. The van der Waals surface area contributed by atoms with Gasteiger partial charge in [-0.2, -0.15) is 13.2 Å². The average Bonchev–Trinajstić information content (AvgIpc) is 2.49. The molecule has 1 heterocycles. The molecule has 0 saturated carbocycles. The van der Waals surface area contributed by atoms with Gasteiger partial charge in [-0.25, -0.2) is 4.39 Å². The number of carbonyl (C=O) groups excluding carboxylic acids is 1. The first-order valence-electron chi connectivity index (χ1n) is 7.64. The normalized spacial score (nSPS) is 17.0. The third kappa shape index (κ3) is 5.63. The summed E-state index contributed by atoms with van der Waals surface area (Å²) < 4.78 is 51.2. The van der Waals surface area contributed by atoms with Crippen molar-refractivity contribution in [2.45, 2.75) is 32.4 Å². The topological polar surface area (TPSA) is 41.1 Å². The zero-order valence-corrected chi connectivity index (χ0v) is 14.1. The van der Waals surface area contributed by atoms with Crippen molar-refractivity contribution >= 4 is 24.0 Å². The van der Waals surface area contributed by atoms with Crippen molar-refractivity contribution in [3.8, 4) is 0 Å². The Morgan fingerprint density at radius 3 is 2.54 bits per heavy atom. The van der Waals surface area contributed by atoms with Crippen LogP contribution in [0.25, 0.3) is 0 Å². The minimum absolute atomic E-state index is 0. The number of carbonyl (C=O) groups is 1. The number of alkyl halides is 3. The van der Waals surface area contributed by atoms with E-state index in [9.17, 15) is 22.4 Å². The van der Waals surface area contributed by atoms with Gasteiger partial charge in [-0.3, -0.25) is 4.79 Å². The third-order valence-electron chi connectivity index (χ3n) is 4.25. The maximum Gasteiger partial charge on any atom is 0.419 e. The second-order valence-corrected chi connectivity index (χ2v) is 6.01. The van der Waals surface area contributed by atoms with Crippen LogP contribution in [0.2, 0.25) is 0 Å². The molecule has 1 aromatic rings. The molecule has 1 saturated heterocycles. The molecule has 1 amide bonds. The summed E-state index contributed by atoms with van der Waals surface area (Å²) in [6, 6.07) is 2.48. The summed E-state index contributed by atoms with van der Waals surface area (Å²) in [7, 11) is 0. The molecule has 8 heteroatoms. The van der Waals surface area contributed by atoms with Crippen LogP contribution in [0.15, 0.2) is 18.2 Å². The van der Waals surface area contributed by atoms with Gasteiger partial charge in [0.2, 0.25) is 5.91 Å². The number of amides is 1. The maximum absolute atomic E-state index is 13.2. The molecule has 1 unspecified atom stereocenters. The van der Waals surface area contributed by atoms with Gasteiger partial charge in [0.1, 0.15) is 5.82 Å². The van der Waals surface area contributed by atoms with E-state index in [1.165, 1.54) is 0 Å². The molecule has 0 radical (unpaired) electrons. The molecule has 0 aliphatic carbocycles. The van der Waals surface area contributed by atoms with Crippen LogP contribution in [0.5, 0.6) is 0 Å². The van der Waals surface area contributed by atoms with Gasteiger partial charge in [-0.05, 0) is 56.0 Å². The Kier molecular flexibility index (Phi) is 7.48. The van der Waals surface area contributed by atoms with Crippen molar-refractivity contribution in [1.29, 1.82) is 0 Å². The highest BCUT2D eigenvalue weighted by Gasteiger charge is 2.34. The molecule has 0 bridgehead atoms. The lowest BCUT2D eigenvalue weighted by molar-refractivity contribution is -0.140. The molecule has 1 aliphatic rings.